The van der Waals surface area contributed by atoms with Gasteiger partial charge in [-0.05, 0) is 25.3 Å². The van der Waals surface area contributed by atoms with Gasteiger partial charge in [0.1, 0.15) is 0 Å². The number of rotatable bonds is 6. The molecule has 1 rings (SSSR count). The van der Waals surface area contributed by atoms with Gasteiger partial charge in [0.05, 0.1) is 18.2 Å². The van der Waals surface area contributed by atoms with E-state index < -0.39 is 24.2 Å². The second kappa shape index (κ2) is 9.02. The van der Waals surface area contributed by atoms with Crippen LogP contribution < -0.4 is 11.1 Å². The summed E-state index contributed by atoms with van der Waals surface area (Å²) in [7, 11) is 0. The van der Waals surface area contributed by atoms with Crippen molar-refractivity contribution in [1.82, 2.24) is 5.32 Å². The molecule has 0 bridgehead atoms. The molecule has 0 spiro atoms. The molecule has 0 aromatic carbocycles. The van der Waals surface area contributed by atoms with Gasteiger partial charge < -0.3 is 20.9 Å². The van der Waals surface area contributed by atoms with E-state index in [1.165, 1.54) is 6.92 Å². The Morgan fingerprint density at radius 1 is 1.48 bits per heavy atom. The third kappa shape index (κ3) is 5.65. The highest BCUT2D eigenvalue weighted by molar-refractivity contribution is 5.87. The summed E-state index contributed by atoms with van der Waals surface area (Å²) in [5, 5.41) is 11.9. The zero-order valence-electron chi connectivity index (χ0n) is 12.7. The van der Waals surface area contributed by atoms with Gasteiger partial charge in [-0.2, -0.15) is 0 Å². The summed E-state index contributed by atoms with van der Waals surface area (Å²) < 4.78 is 5.92. The molecule has 7 heteroatoms. The lowest BCUT2D eigenvalue weighted by Gasteiger charge is -2.36. The molecule has 122 valence electrons. The maximum Gasteiger partial charge on any atom is 0.331 e. The number of nitrogens with one attached hydrogen (secondary N) is 1. The van der Waals surface area contributed by atoms with Crippen LogP contribution in [0.3, 0.4) is 0 Å². The molecule has 0 saturated heterocycles. The van der Waals surface area contributed by atoms with Gasteiger partial charge in [-0.1, -0.05) is 13.8 Å². The minimum absolute atomic E-state index is 0. The number of hydrogen-bond donors (Lipinski definition) is 3. The average Bonchev–Trinajstić information content (AvgIpc) is 2.38. The van der Waals surface area contributed by atoms with E-state index in [2.05, 4.69) is 5.32 Å². The summed E-state index contributed by atoms with van der Waals surface area (Å²) in [5.74, 6) is -1.18. The van der Waals surface area contributed by atoms with Crippen LogP contribution in [-0.2, 0) is 14.3 Å². The van der Waals surface area contributed by atoms with E-state index in [0.717, 1.165) is 12.8 Å². The topological polar surface area (TPSA) is 102 Å². The average molecular weight is 321 g/mol. The Morgan fingerprint density at radius 2 is 2.05 bits per heavy atom. The summed E-state index contributed by atoms with van der Waals surface area (Å²) in [5.41, 5.74) is 6.25. The number of aliphatic carboxylic acids is 1. The molecule has 4 N–H and O–H groups in total. The van der Waals surface area contributed by atoms with Crippen LogP contribution in [0.5, 0.6) is 0 Å². The van der Waals surface area contributed by atoms with Crippen molar-refractivity contribution in [3.05, 3.63) is 11.6 Å². The molecule has 1 amide bonds. The van der Waals surface area contributed by atoms with Gasteiger partial charge in [-0.25, -0.2) is 4.79 Å². The summed E-state index contributed by atoms with van der Waals surface area (Å²) in [4.78, 5) is 22.4. The van der Waals surface area contributed by atoms with Gasteiger partial charge in [0.2, 0.25) is 5.91 Å². The first-order valence-corrected chi connectivity index (χ1v) is 7.01. The third-order valence-electron chi connectivity index (χ3n) is 3.54. The maximum atomic E-state index is 11.3. The third-order valence-corrected chi connectivity index (χ3v) is 3.54. The molecule has 21 heavy (non-hydrogen) atoms. The van der Waals surface area contributed by atoms with E-state index in [-0.39, 0.29) is 36.4 Å². The van der Waals surface area contributed by atoms with Crippen LogP contribution in [0.2, 0.25) is 0 Å². The first kappa shape index (κ1) is 19.9. The highest BCUT2D eigenvalue weighted by atomic mass is 35.5. The molecule has 3 atom stereocenters. The van der Waals surface area contributed by atoms with E-state index in [1.54, 1.807) is 6.08 Å². The van der Waals surface area contributed by atoms with Crippen molar-refractivity contribution >= 4 is 24.3 Å². The van der Waals surface area contributed by atoms with E-state index in [1.807, 2.05) is 13.8 Å². The van der Waals surface area contributed by atoms with E-state index in [9.17, 15) is 9.59 Å². The standard InChI is InChI=1S/C14H24N2O4.ClH/c1-4-10(5-2)20-12-7-9(14(18)19)6-11(15)13(12)16-8(3)17;/h7,10-13H,4-6,15H2,1-3H3,(H,16,17)(H,18,19);1H/t11-,12+,13-;/m1./s1. The van der Waals surface area contributed by atoms with Gasteiger partial charge in [0.15, 0.2) is 0 Å². The molecule has 1 aliphatic carbocycles. The second-order valence-electron chi connectivity index (χ2n) is 5.13. The Bertz CT molecular complexity index is 396. The van der Waals surface area contributed by atoms with E-state index >= 15 is 0 Å². The molecule has 1 aliphatic rings. The molecule has 6 nitrogen and oxygen atoms in total. The molecule has 0 saturated carbocycles. The lowest BCUT2D eigenvalue weighted by Crippen LogP contribution is -2.57. The molecule has 0 radical (unpaired) electrons. The Kier molecular flexibility index (Phi) is 8.54. The largest absolute Gasteiger partial charge is 0.478 e. The van der Waals surface area contributed by atoms with Crippen molar-refractivity contribution in [3.8, 4) is 0 Å². The van der Waals surface area contributed by atoms with Crippen LogP contribution in [-0.4, -0.2) is 41.3 Å². The van der Waals surface area contributed by atoms with Gasteiger partial charge in [0, 0.05) is 18.5 Å². The fourth-order valence-electron chi connectivity index (χ4n) is 2.40. The molecule has 0 unspecified atom stereocenters. The number of hydrogen-bond acceptors (Lipinski definition) is 4. The molecule has 0 heterocycles. The molecular weight excluding hydrogens is 296 g/mol. The van der Waals surface area contributed by atoms with Crippen molar-refractivity contribution in [1.29, 1.82) is 0 Å². The number of nitrogens with two attached hydrogens (primary N) is 1. The van der Waals surface area contributed by atoms with Crippen molar-refractivity contribution in [3.63, 3.8) is 0 Å². The lowest BCUT2D eigenvalue weighted by atomic mass is 9.88. The number of amides is 1. The van der Waals surface area contributed by atoms with Crippen LogP contribution in [0.15, 0.2) is 11.6 Å². The zero-order chi connectivity index (χ0) is 15.3. The number of ether oxygens (including phenoxy) is 1. The van der Waals surface area contributed by atoms with Crippen molar-refractivity contribution in [2.24, 2.45) is 5.73 Å². The minimum Gasteiger partial charge on any atom is -0.478 e. The lowest BCUT2D eigenvalue weighted by molar-refractivity contribution is -0.133. The molecule has 0 aromatic heterocycles. The summed E-state index contributed by atoms with van der Waals surface area (Å²) in [6.07, 6.45) is 2.97. The summed E-state index contributed by atoms with van der Waals surface area (Å²) >= 11 is 0. The highest BCUT2D eigenvalue weighted by Gasteiger charge is 2.35. The van der Waals surface area contributed by atoms with Crippen LogP contribution in [0.25, 0.3) is 0 Å². The predicted molar refractivity (Wildman–Crippen MR) is 82.4 cm³/mol. The van der Waals surface area contributed by atoms with E-state index in [0.29, 0.717) is 0 Å². The minimum atomic E-state index is -0.986. The molecular formula is C14H25ClN2O4. The SMILES string of the molecule is CCC(CC)O[C@H]1C=C(C(=O)O)C[C@@H](N)[C@H]1NC(C)=O.Cl. The molecule has 0 aliphatic heterocycles. The van der Waals surface area contributed by atoms with Crippen LogP contribution in [0.1, 0.15) is 40.0 Å². The van der Waals surface area contributed by atoms with Crippen molar-refractivity contribution < 1.29 is 19.4 Å². The Hall–Kier alpha value is -1.11. The van der Waals surface area contributed by atoms with Gasteiger partial charge in [-0.15, -0.1) is 12.4 Å². The summed E-state index contributed by atoms with van der Waals surface area (Å²) in [6.45, 7) is 5.43. The first-order chi connectivity index (χ1) is 9.38. The van der Waals surface area contributed by atoms with Crippen LogP contribution >= 0.6 is 12.4 Å². The number of halogens is 1. The van der Waals surface area contributed by atoms with Crippen LogP contribution in [0.4, 0.5) is 0 Å². The zero-order valence-corrected chi connectivity index (χ0v) is 13.5. The quantitative estimate of drug-likeness (QED) is 0.683. The van der Waals surface area contributed by atoms with Crippen LogP contribution in [0, 0.1) is 0 Å². The van der Waals surface area contributed by atoms with Gasteiger partial charge >= 0.3 is 5.97 Å². The van der Waals surface area contributed by atoms with Gasteiger partial charge in [0.25, 0.3) is 0 Å². The fourth-order valence-corrected chi connectivity index (χ4v) is 2.40. The Labute approximate surface area is 131 Å². The fraction of sp³-hybridized carbons (Fsp3) is 0.714. The monoisotopic (exact) mass is 320 g/mol. The summed E-state index contributed by atoms with van der Waals surface area (Å²) in [6, 6.07) is -0.856. The highest BCUT2D eigenvalue weighted by Crippen LogP contribution is 2.23. The van der Waals surface area contributed by atoms with Crippen molar-refractivity contribution in [2.75, 3.05) is 0 Å². The first-order valence-electron chi connectivity index (χ1n) is 7.01. The molecule has 0 aromatic rings. The van der Waals surface area contributed by atoms with Crippen molar-refractivity contribution in [2.45, 2.75) is 64.3 Å². The number of carboxylic acids is 1. The normalized spacial score (nSPS) is 25.0. The number of carboxylic acid groups (broad SMARTS) is 1. The number of carbonyl (C=O) groups excluding carboxylic acids is 1. The van der Waals surface area contributed by atoms with Gasteiger partial charge in [-0.3, -0.25) is 4.79 Å². The Morgan fingerprint density at radius 3 is 2.48 bits per heavy atom. The Balaban J connectivity index is 0.00000400. The number of carbonyl (C=O) groups is 2. The molecule has 0 fully saturated rings. The predicted octanol–water partition coefficient (Wildman–Crippen LogP) is 1.23. The van der Waals surface area contributed by atoms with E-state index in [4.69, 9.17) is 15.6 Å². The second-order valence-corrected chi connectivity index (χ2v) is 5.13. The maximum absolute atomic E-state index is 11.3. The smallest absolute Gasteiger partial charge is 0.331 e.